The molecule has 2 heterocycles. The normalized spacial score (nSPS) is 12.4. The summed E-state index contributed by atoms with van der Waals surface area (Å²) in [5.41, 5.74) is 4.37. The van der Waals surface area contributed by atoms with Crippen molar-refractivity contribution in [2.75, 3.05) is 6.79 Å². The molecule has 0 amide bonds. The van der Waals surface area contributed by atoms with Gasteiger partial charge in [-0.15, -0.1) is 10.2 Å². The molecule has 0 saturated carbocycles. The van der Waals surface area contributed by atoms with Crippen molar-refractivity contribution in [3.05, 3.63) is 65.7 Å². The van der Waals surface area contributed by atoms with Crippen LogP contribution in [0.3, 0.4) is 0 Å². The molecule has 120 valence electrons. The SMILES string of the molecule is Cc1cccc(CSc2ccc(-c3ccc4c(c3)OCO4)nn2)c1. The lowest BCUT2D eigenvalue weighted by Gasteiger charge is -2.04. The number of fused-ring (bicyclic) bond motifs is 1. The van der Waals surface area contributed by atoms with Gasteiger partial charge in [0.2, 0.25) is 6.79 Å². The molecule has 0 N–H and O–H groups in total. The maximum atomic E-state index is 5.41. The predicted molar refractivity (Wildman–Crippen MR) is 94.3 cm³/mol. The van der Waals surface area contributed by atoms with Crippen LogP contribution in [0.1, 0.15) is 11.1 Å². The molecule has 1 aliphatic rings. The molecule has 0 fully saturated rings. The summed E-state index contributed by atoms with van der Waals surface area (Å²) in [7, 11) is 0. The van der Waals surface area contributed by atoms with Crippen molar-refractivity contribution in [1.29, 1.82) is 0 Å². The number of rotatable bonds is 4. The molecule has 0 saturated heterocycles. The van der Waals surface area contributed by atoms with Crippen LogP contribution in [0.2, 0.25) is 0 Å². The fourth-order valence-corrected chi connectivity index (χ4v) is 3.32. The first kappa shape index (κ1) is 15.0. The van der Waals surface area contributed by atoms with Gasteiger partial charge in [-0.05, 0) is 42.8 Å². The first-order valence-corrected chi connectivity index (χ1v) is 8.68. The molecule has 0 atom stereocenters. The van der Waals surface area contributed by atoms with E-state index in [1.807, 2.05) is 30.3 Å². The average Bonchev–Trinajstić information content (AvgIpc) is 3.08. The molecular formula is C19H16N2O2S. The summed E-state index contributed by atoms with van der Waals surface area (Å²) in [6.45, 7) is 2.38. The largest absolute Gasteiger partial charge is 0.454 e. The molecule has 1 aliphatic heterocycles. The van der Waals surface area contributed by atoms with Gasteiger partial charge in [0, 0.05) is 11.3 Å². The van der Waals surface area contributed by atoms with Gasteiger partial charge in [0.15, 0.2) is 11.5 Å². The number of aryl methyl sites for hydroxylation is 1. The van der Waals surface area contributed by atoms with Gasteiger partial charge in [0.05, 0.1) is 5.69 Å². The number of ether oxygens (including phenoxy) is 2. The van der Waals surface area contributed by atoms with Crippen LogP contribution in [0.25, 0.3) is 11.3 Å². The summed E-state index contributed by atoms with van der Waals surface area (Å²) in [5.74, 6) is 2.42. The third-order valence-electron chi connectivity index (χ3n) is 3.78. The van der Waals surface area contributed by atoms with Crippen molar-refractivity contribution in [3.8, 4) is 22.8 Å². The topological polar surface area (TPSA) is 44.2 Å². The summed E-state index contributed by atoms with van der Waals surface area (Å²) in [5, 5.41) is 9.58. The second-order valence-electron chi connectivity index (χ2n) is 5.60. The van der Waals surface area contributed by atoms with Gasteiger partial charge in [-0.25, -0.2) is 0 Å². The van der Waals surface area contributed by atoms with E-state index in [1.54, 1.807) is 11.8 Å². The van der Waals surface area contributed by atoms with Gasteiger partial charge in [-0.2, -0.15) is 0 Å². The Morgan fingerprint density at radius 3 is 2.71 bits per heavy atom. The maximum absolute atomic E-state index is 5.41. The Morgan fingerprint density at radius 1 is 0.958 bits per heavy atom. The number of nitrogens with zero attached hydrogens (tertiary/aromatic N) is 2. The molecule has 4 rings (SSSR count). The van der Waals surface area contributed by atoms with E-state index in [4.69, 9.17) is 9.47 Å². The van der Waals surface area contributed by atoms with E-state index in [0.717, 1.165) is 33.5 Å². The molecular weight excluding hydrogens is 320 g/mol. The summed E-state index contributed by atoms with van der Waals surface area (Å²) in [4.78, 5) is 0. The van der Waals surface area contributed by atoms with E-state index in [9.17, 15) is 0 Å². The van der Waals surface area contributed by atoms with Crippen molar-refractivity contribution in [3.63, 3.8) is 0 Å². The van der Waals surface area contributed by atoms with Crippen LogP contribution >= 0.6 is 11.8 Å². The van der Waals surface area contributed by atoms with Crippen LogP contribution in [-0.2, 0) is 5.75 Å². The number of hydrogen-bond acceptors (Lipinski definition) is 5. The first-order chi connectivity index (χ1) is 11.8. The first-order valence-electron chi connectivity index (χ1n) is 7.70. The summed E-state index contributed by atoms with van der Waals surface area (Å²) in [6, 6.07) is 18.3. The molecule has 0 aliphatic carbocycles. The minimum Gasteiger partial charge on any atom is -0.454 e. The van der Waals surface area contributed by atoms with Crippen molar-refractivity contribution >= 4 is 11.8 Å². The standard InChI is InChI=1S/C19H16N2O2S/c1-13-3-2-4-14(9-13)11-24-19-8-6-16(20-21-19)15-5-7-17-18(10-15)23-12-22-17/h2-10H,11-12H2,1H3. The average molecular weight is 336 g/mol. The zero-order valence-electron chi connectivity index (χ0n) is 13.2. The number of thioether (sulfide) groups is 1. The molecule has 1 aromatic heterocycles. The second-order valence-corrected chi connectivity index (χ2v) is 6.60. The molecule has 4 nitrogen and oxygen atoms in total. The van der Waals surface area contributed by atoms with E-state index in [1.165, 1.54) is 11.1 Å². The highest BCUT2D eigenvalue weighted by Gasteiger charge is 2.14. The lowest BCUT2D eigenvalue weighted by Crippen LogP contribution is -1.93. The third kappa shape index (κ3) is 3.21. The van der Waals surface area contributed by atoms with Crippen molar-refractivity contribution in [2.24, 2.45) is 0 Å². The van der Waals surface area contributed by atoms with Crippen LogP contribution in [-0.4, -0.2) is 17.0 Å². The van der Waals surface area contributed by atoms with E-state index in [-0.39, 0.29) is 6.79 Å². The Bertz CT molecular complexity index is 865. The van der Waals surface area contributed by atoms with Gasteiger partial charge < -0.3 is 9.47 Å². The minimum absolute atomic E-state index is 0.277. The third-order valence-corrected chi connectivity index (χ3v) is 4.77. The van der Waals surface area contributed by atoms with Crippen LogP contribution in [0.15, 0.2) is 59.6 Å². The minimum atomic E-state index is 0.277. The molecule has 3 aromatic rings. The van der Waals surface area contributed by atoms with Crippen molar-refractivity contribution in [2.45, 2.75) is 17.7 Å². The van der Waals surface area contributed by atoms with Gasteiger partial charge in [-0.1, -0.05) is 41.6 Å². The Kier molecular flexibility index (Phi) is 4.09. The van der Waals surface area contributed by atoms with E-state index in [2.05, 4.69) is 41.4 Å². The fourth-order valence-electron chi connectivity index (χ4n) is 2.57. The zero-order chi connectivity index (χ0) is 16.4. The molecule has 0 bridgehead atoms. The van der Waals surface area contributed by atoms with Crippen molar-refractivity contribution in [1.82, 2.24) is 10.2 Å². The van der Waals surface area contributed by atoms with Crippen LogP contribution in [0.4, 0.5) is 0 Å². The second kappa shape index (κ2) is 6.53. The quantitative estimate of drug-likeness (QED) is 0.658. The summed E-state index contributed by atoms with van der Waals surface area (Å²) in [6.07, 6.45) is 0. The van der Waals surface area contributed by atoms with Crippen molar-refractivity contribution < 1.29 is 9.47 Å². The summed E-state index contributed by atoms with van der Waals surface area (Å²) < 4.78 is 10.7. The molecule has 0 unspecified atom stereocenters. The highest BCUT2D eigenvalue weighted by Crippen LogP contribution is 2.35. The molecule has 0 spiro atoms. The number of aromatic nitrogens is 2. The maximum Gasteiger partial charge on any atom is 0.231 e. The Morgan fingerprint density at radius 2 is 1.88 bits per heavy atom. The van der Waals surface area contributed by atoms with E-state index in [0.29, 0.717) is 0 Å². The molecule has 2 aromatic carbocycles. The van der Waals surface area contributed by atoms with E-state index >= 15 is 0 Å². The zero-order valence-corrected chi connectivity index (χ0v) is 14.0. The van der Waals surface area contributed by atoms with E-state index < -0.39 is 0 Å². The monoisotopic (exact) mass is 336 g/mol. The van der Waals surface area contributed by atoms with Gasteiger partial charge in [0.1, 0.15) is 5.03 Å². The summed E-state index contributed by atoms with van der Waals surface area (Å²) >= 11 is 1.69. The van der Waals surface area contributed by atoms with Gasteiger partial charge >= 0.3 is 0 Å². The van der Waals surface area contributed by atoms with Gasteiger partial charge in [0.25, 0.3) is 0 Å². The Hall–Kier alpha value is -2.53. The Labute approximate surface area is 144 Å². The fraction of sp³-hybridized carbons (Fsp3) is 0.158. The van der Waals surface area contributed by atoms with Gasteiger partial charge in [-0.3, -0.25) is 0 Å². The lowest BCUT2D eigenvalue weighted by atomic mass is 10.1. The Balaban J connectivity index is 1.46. The number of hydrogen-bond donors (Lipinski definition) is 0. The highest BCUT2D eigenvalue weighted by molar-refractivity contribution is 7.98. The highest BCUT2D eigenvalue weighted by atomic mass is 32.2. The molecule has 0 radical (unpaired) electrons. The number of benzene rings is 2. The molecule has 5 heteroatoms. The predicted octanol–water partition coefficient (Wildman–Crippen LogP) is 4.47. The smallest absolute Gasteiger partial charge is 0.231 e. The lowest BCUT2D eigenvalue weighted by molar-refractivity contribution is 0.174. The van der Waals surface area contributed by atoms with Crippen LogP contribution < -0.4 is 9.47 Å². The van der Waals surface area contributed by atoms with Crippen LogP contribution in [0, 0.1) is 6.92 Å². The molecule has 24 heavy (non-hydrogen) atoms. The van der Waals surface area contributed by atoms with Crippen LogP contribution in [0.5, 0.6) is 11.5 Å².